The van der Waals surface area contributed by atoms with Gasteiger partial charge in [0.05, 0.1) is 12.7 Å². The van der Waals surface area contributed by atoms with Crippen molar-refractivity contribution in [2.24, 2.45) is 0 Å². The Hall–Kier alpha value is -1.85. The normalized spacial score (nSPS) is 18.0. The molecule has 0 unspecified atom stereocenters. The first-order chi connectivity index (χ1) is 12.1. The van der Waals surface area contributed by atoms with Gasteiger partial charge >= 0.3 is 5.97 Å². The number of hydrogen-bond acceptors (Lipinski definition) is 3. The summed E-state index contributed by atoms with van der Waals surface area (Å²) in [7, 11) is 0. The van der Waals surface area contributed by atoms with Crippen LogP contribution in [-0.4, -0.2) is 22.7 Å². The van der Waals surface area contributed by atoms with Gasteiger partial charge in [-0.25, -0.2) is 4.79 Å². The number of carboxylic acids is 1. The van der Waals surface area contributed by atoms with Gasteiger partial charge in [-0.3, -0.25) is 0 Å². The molecule has 1 saturated carbocycles. The van der Waals surface area contributed by atoms with Gasteiger partial charge in [-0.15, -0.1) is 0 Å². The molecule has 0 atom stereocenters. The average molecular weight is 402 g/mol. The lowest BCUT2D eigenvalue weighted by molar-refractivity contribution is -0.138. The fraction of sp³-hybridized carbons (Fsp3) is 0.350. The highest BCUT2D eigenvalue weighted by Gasteiger charge is 2.50. The zero-order valence-electron chi connectivity index (χ0n) is 13.8. The molecule has 2 aromatic carbocycles. The lowest BCUT2D eigenvalue weighted by Gasteiger charge is -2.17. The third kappa shape index (κ3) is 3.44. The third-order valence-electron chi connectivity index (χ3n) is 5.08. The quantitative estimate of drug-likeness (QED) is 0.762. The summed E-state index contributed by atoms with van der Waals surface area (Å²) in [5, 5.41) is 12.5. The van der Waals surface area contributed by atoms with Gasteiger partial charge in [0.15, 0.2) is 0 Å². The fourth-order valence-electron chi connectivity index (χ4n) is 3.40. The van der Waals surface area contributed by atoms with Crippen LogP contribution in [0.1, 0.15) is 29.5 Å². The molecule has 2 N–H and O–H groups in total. The van der Waals surface area contributed by atoms with Gasteiger partial charge in [-0.1, -0.05) is 40.2 Å². The molecule has 0 bridgehead atoms. The Morgan fingerprint density at radius 2 is 1.88 bits per heavy atom. The van der Waals surface area contributed by atoms with Crippen LogP contribution < -0.4 is 5.32 Å². The monoisotopic (exact) mass is 401 g/mol. The molecular formula is C20H20BrNO3. The first-order valence-corrected chi connectivity index (χ1v) is 9.33. The molecule has 2 aliphatic carbocycles. The molecule has 0 aliphatic heterocycles. The van der Waals surface area contributed by atoms with Crippen molar-refractivity contribution >= 4 is 27.6 Å². The van der Waals surface area contributed by atoms with Crippen LogP contribution >= 0.6 is 15.9 Å². The summed E-state index contributed by atoms with van der Waals surface area (Å²) in [6.45, 7) is 0.509. The second-order valence-electron chi connectivity index (χ2n) is 6.93. The minimum atomic E-state index is -0.781. The van der Waals surface area contributed by atoms with Gasteiger partial charge in [-0.05, 0) is 60.6 Å². The predicted molar refractivity (Wildman–Crippen MR) is 99.8 cm³/mol. The molecule has 2 aliphatic rings. The van der Waals surface area contributed by atoms with Gasteiger partial charge in [0.2, 0.25) is 0 Å². The van der Waals surface area contributed by atoms with E-state index in [1.807, 2.05) is 18.2 Å². The van der Waals surface area contributed by atoms with Crippen LogP contribution in [0.25, 0.3) is 0 Å². The Bertz CT molecular complexity index is 791. The molecule has 1 fully saturated rings. The third-order valence-corrected chi connectivity index (χ3v) is 5.85. The summed E-state index contributed by atoms with van der Waals surface area (Å²) in [6.07, 6.45) is 3.45. The number of nitrogens with one attached hydrogen (secondary N) is 1. The maximum absolute atomic E-state index is 11.4. The van der Waals surface area contributed by atoms with Gasteiger partial charge in [0.25, 0.3) is 0 Å². The second kappa shape index (κ2) is 6.46. The summed E-state index contributed by atoms with van der Waals surface area (Å²) >= 11 is 3.57. The van der Waals surface area contributed by atoms with Gasteiger partial charge in [-0.2, -0.15) is 0 Å². The molecule has 0 radical (unpaired) electrons. The van der Waals surface area contributed by atoms with Crippen molar-refractivity contribution in [2.45, 2.75) is 43.9 Å². The summed E-state index contributed by atoms with van der Waals surface area (Å²) in [5.74, 6) is -0.781. The molecule has 0 saturated heterocycles. The molecule has 130 valence electrons. The Morgan fingerprint density at radius 3 is 2.48 bits per heavy atom. The second-order valence-corrected chi connectivity index (χ2v) is 7.78. The smallest absolute Gasteiger partial charge is 0.329 e. The number of anilines is 1. The number of halogens is 1. The van der Waals surface area contributed by atoms with Crippen molar-refractivity contribution in [3.8, 4) is 0 Å². The van der Waals surface area contributed by atoms with E-state index in [2.05, 4.69) is 45.5 Å². The number of aliphatic carboxylic acids is 1. The molecule has 0 heterocycles. The van der Waals surface area contributed by atoms with Crippen LogP contribution in [0.5, 0.6) is 0 Å². The lowest BCUT2D eigenvalue weighted by Crippen LogP contribution is -2.31. The lowest BCUT2D eigenvalue weighted by atomic mass is 10.1. The SMILES string of the molecule is O=C(O)C1(Nc2ccc(Br)c(COC3Cc4ccccc4C3)c2)CC1. The number of fused-ring (bicyclic) bond motifs is 1. The number of hydrogen-bond donors (Lipinski definition) is 2. The van der Waals surface area contributed by atoms with Crippen molar-refractivity contribution in [3.05, 3.63) is 63.6 Å². The number of carboxylic acid groups (broad SMARTS) is 1. The van der Waals surface area contributed by atoms with E-state index in [1.54, 1.807) is 0 Å². The standard InChI is InChI=1S/C20H20BrNO3/c21-18-6-5-16(22-20(7-8-20)19(23)24)9-15(18)12-25-17-10-13-3-1-2-4-14(13)11-17/h1-6,9,17,22H,7-8,10-12H2,(H,23,24). The number of carbonyl (C=O) groups is 1. The van der Waals surface area contributed by atoms with Crippen molar-refractivity contribution < 1.29 is 14.6 Å². The van der Waals surface area contributed by atoms with E-state index < -0.39 is 11.5 Å². The highest BCUT2D eigenvalue weighted by Crippen LogP contribution is 2.39. The Morgan fingerprint density at radius 1 is 1.20 bits per heavy atom. The molecular weight excluding hydrogens is 382 g/mol. The largest absolute Gasteiger partial charge is 0.480 e. The first-order valence-electron chi connectivity index (χ1n) is 8.54. The van der Waals surface area contributed by atoms with E-state index in [4.69, 9.17) is 4.74 Å². The van der Waals surface area contributed by atoms with Crippen molar-refractivity contribution in [1.82, 2.24) is 0 Å². The highest BCUT2D eigenvalue weighted by atomic mass is 79.9. The van der Waals surface area contributed by atoms with E-state index in [9.17, 15) is 9.90 Å². The van der Waals surface area contributed by atoms with Crippen molar-refractivity contribution in [2.75, 3.05) is 5.32 Å². The molecule has 4 rings (SSSR count). The molecule has 25 heavy (non-hydrogen) atoms. The molecule has 0 spiro atoms. The Labute approximate surface area is 155 Å². The van der Waals surface area contributed by atoms with Crippen LogP contribution in [0.3, 0.4) is 0 Å². The van der Waals surface area contributed by atoms with Crippen molar-refractivity contribution in [1.29, 1.82) is 0 Å². The maximum atomic E-state index is 11.4. The zero-order valence-corrected chi connectivity index (χ0v) is 15.4. The molecule has 5 heteroatoms. The molecule has 0 amide bonds. The maximum Gasteiger partial charge on any atom is 0.329 e. The topological polar surface area (TPSA) is 58.6 Å². The van der Waals surface area contributed by atoms with Crippen molar-refractivity contribution in [3.63, 3.8) is 0 Å². The van der Waals surface area contributed by atoms with E-state index in [0.29, 0.717) is 19.4 Å². The summed E-state index contributed by atoms with van der Waals surface area (Å²) in [4.78, 5) is 11.4. The van der Waals surface area contributed by atoms with Crippen LogP contribution in [-0.2, 0) is 29.0 Å². The molecule has 2 aromatic rings. The van der Waals surface area contributed by atoms with Crippen LogP contribution in [0.15, 0.2) is 46.9 Å². The first kappa shape index (κ1) is 16.6. The fourth-order valence-corrected chi connectivity index (χ4v) is 3.76. The molecule has 4 nitrogen and oxygen atoms in total. The predicted octanol–water partition coefficient (Wildman–Crippen LogP) is 4.16. The average Bonchev–Trinajstić information content (AvgIpc) is 3.26. The Kier molecular flexibility index (Phi) is 4.29. The minimum absolute atomic E-state index is 0.203. The van der Waals surface area contributed by atoms with Gasteiger partial charge < -0.3 is 15.2 Å². The van der Waals surface area contributed by atoms with E-state index in [-0.39, 0.29) is 6.10 Å². The Balaban J connectivity index is 1.41. The zero-order chi connectivity index (χ0) is 17.4. The summed E-state index contributed by atoms with van der Waals surface area (Å²) < 4.78 is 7.11. The van der Waals surface area contributed by atoms with Crippen LogP contribution in [0, 0.1) is 0 Å². The number of ether oxygens (including phenoxy) is 1. The molecule has 0 aromatic heterocycles. The van der Waals surface area contributed by atoms with E-state index in [0.717, 1.165) is 28.6 Å². The van der Waals surface area contributed by atoms with E-state index in [1.165, 1.54) is 11.1 Å². The van der Waals surface area contributed by atoms with Gasteiger partial charge in [0, 0.05) is 10.2 Å². The summed E-state index contributed by atoms with van der Waals surface area (Å²) in [5.41, 5.74) is 3.83. The summed E-state index contributed by atoms with van der Waals surface area (Å²) in [6, 6.07) is 14.3. The minimum Gasteiger partial charge on any atom is -0.480 e. The van der Waals surface area contributed by atoms with Gasteiger partial charge in [0.1, 0.15) is 5.54 Å². The highest BCUT2D eigenvalue weighted by molar-refractivity contribution is 9.10. The number of benzene rings is 2. The van der Waals surface area contributed by atoms with Crippen LogP contribution in [0.4, 0.5) is 5.69 Å². The van der Waals surface area contributed by atoms with E-state index >= 15 is 0 Å². The van der Waals surface area contributed by atoms with Crippen LogP contribution in [0.2, 0.25) is 0 Å². The number of rotatable bonds is 6.